The first-order valence-electron chi connectivity index (χ1n) is 7.96. The summed E-state index contributed by atoms with van der Waals surface area (Å²) in [5, 5.41) is 6.40. The van der Waals surface area contributed by atoms with E-state index >= 15 is 0 Å². The molecule has 2 rings (SSSR count). The zero-order valence-corrected chi connectivity index (χ0v) is 13.1. The number of hydrogen-bond donors (Lipinski definition) is 2. The molecular formula is C17H26N2O2. The van der Waals surface area contributed by atoms with E-state index < -0.39 is 0 Å². The summed E-state index contributed by atoms with van der Waals surface area (Å²) in [6.45, 7) is 6.55. The first-order chi connectivity index (χ1) is 10.2. The van der Waals surface area contributed by atoms with Crippen molar-refractivity contribution < 1.29 is 9.53 Å². The molecule has 1 aliphatic heterocycles. The Labute approximate surface area is 127 Å². The summed E-state index contributed by atoms with van der Waals surface area (Å²) in [6, 6.07) is 7.67. The van der Waals surface area contributed by atoms with Gasteiger partial charge in [0.1, 0.15) is 5.75 Å². The third kappa shape index (κ3) is 3.76. The van der Waals surface area contributed by atoms with Crippen LogP contribution < -0.4 is 15.4 Å². The summed E-state index contributed by atoms with van der Waals surface area (Å²) in [5.74, 6) is 0.868. The van der Waals surface area contributed by atoms with Crippen LogP contribution in [-0.4, -0.2) is 25.6 Å². The lowest BCUT2D eigenvalue weighted by atomic mass is 9.81. The molecule has 4 heteroatoms. The number of rotatable bonds is 7. The molecule has 1 unspecified atom stereocenters. The Balaban J connectivity index is 2.11. The van der Waals surface area contributed by atoms with E-state index in [1.165, 1.54) is 0 Å². The molecule has 0 bridgehead atoms. The number of nitrogens with one attached hydrogen (secondary N) is 2. The highest BCUT2D eigenvalue weighted by Gasteiger charge is 2.40. The van der Waals surface area contributed by atoms with Gasteiger partial charge in [-0.1, -0.05) is 32.4 Å². The molecule has 1 amide bonds. The van der Waals surface area contributed by atoms with Gasteiger partial charge in [-0.15, -0.1) is 0 Å². The largest absolute Gasteiger partial charge is 0.491 e. The molecule has 1 aliphatic rings. The number of ether oxygens (including phenoxy) is 1. The maximum atomic E-state index is 12.7. The normalized spacial score (nSPS) is 21.2. The number of hydrogen-bond acceptors (Lipinski definition) is 3. The van der Waals surface area contributed by atoms with Crippen LogP contribution >= 0.6 is 0 Å². The molecule has 0 spiro atoms. The fourth-order valence-corrected chi connectivity index (χ4v) is 2.91. The molecule has 1 saturated heterocycles. The molecule has 1 heterocycles. The number of amides is 1. The van der Waals surface area contributed by atoms with Gasteiger partial charge < -0.3 is 15.4 Å². The monoisotopic (exact) mass is 290 g/mol. The van der Waals surface area contributed by atoms with Gasteiger partial charge in [-0.25, -0.2) is 0 Å². The molecule has 0 aliphatic carbocycles. The van der Waals surface area contributed by atoms with E-state index in [0.29, 0.717) is 6.61 Å². The maximum absolute atomic E-state index is 12.7. The third-order valence-corrected chi connectivity index (χ3v) is 4.05. The Morgan fingerprint density at radius 1 is 1.33 bits per heavy atom. The van der Waals surface area contributed by atoms with Crippen LogP contribution in [0.15, 0.2) is 24.3 Å². The minimum absolute atomic E-state index is 0.113. The molecule has 1 fully saturated rings. The summed E-state index contributed by atoms with van der Waals surface area (Å²) in [6.07, 6.45) is 3.80. The first-order valence-corrected chi connectivity index (χ1v) is 7.96. The first kappa shape index (κ1) is 15.8. The third-order valence-electron chi connectivity index (χ3n) is 4.05. The zero-order valence-electron chi connectivity index (χ0n) is 13.1. The SMILES string of the molecule is CCCOc1ccccc1NC(=O)C1(CCC)CCNC1. The molecule has 2 N–H and O–H groups in total. The summed E-state index contributed by atoms with van der Waals surface area (Å²) in [4.78, 5) is 12.7. The van der Waals surface area contributed by atoms with Gasteiger partial charge in [0, 0.05) is 6.54 Å². The Bertz CT molecular complexity index is 468. The predicted molar refractivity (Wildman–Crippen MR) is 85.7 cm³/mol. The minimum atomic E-state index is -0.271. The van der Waals surface area contributed by atoms with Gasteiger partial charge in [0.2, 0.25) is 5.91 Å². The number of anilines is 1. The van der Waals surface area contributed by atoms with Gasteiger partial charge in [0.05, 0.1) is 17.7 Å². The van der Waals surface area contributed by atoms with Gasteiger partial charge in [0.15, 0.2) is 0 Å². The molecule has 1 aromatic carbocycles. The second-order valence-electron chi connectivity index (χ2n) is 5.76. The molecule has 0 radical (unpaired) electrons. The number of benzene rings is 1. The van der Waals surface area contributed by atoms with E-state index in [1.807, 2.05) is 24.3 Å². The van der Waals surface area contributed by atoms with E-state index in [0.717, 1.165) is 50.2 Å². The smallest absolute Gasteiger partial charge is 0.232 e. The quantitative estimate of drug-likeness (QED) is 0.811. The van der Waals surface area contributed by atoms with Crippen molar-refractivity contribution in [1.29, 1.82) is 0 Å². The van der Waals surface area contributed by atoms with Gasteiger partial charge >= 0.3 is 0 Å². The molecule has 1 atom stereocenters. The van der Waals surface area contributed by atoms with Crippen LogP contribution in [0.25, 0.3) is 0 Å². The van der Waals surface area contributed by atoms with Gasteiger partial charge in [-0.3, -0.25) is 4.79 Å². The number of carbonyl (C=O) groups excluding carboxylic acids is 1. The Hall–Kier alpha value is -1.55. The predicted octanol–water partition coefficient (Wildman–Crippen LogP) is 3.19. The Kier molecular flexibility index (Phi) is 5.62. The van der Waals surface area contributed by atoms with Crippen molar-refractivity contribution in [3.05, 3.63) is 24.3 Å². The van der Waals surface area contributed by atoms with Gasteiger partial charge in [-0.2, -0.15) is 0 Å². The molecule has 0 saturated carbocycles. The molecule has 0 aromatic heterocycles. The van der Waals surface area contributed by atoms with E-state index in [9.17, 15) is 4.79 Å². The Morgan fingerprint density at radius 3 is 2.81 bits per heavy atom. The van der Waals surface area contributed by atoms with Crippen molar-refractivity contribution in [2.24, 2.45) is 5.41 Å². The number of para-hydroxylation sites is 2. The van der Waals surface area contributed by atoms with Crippen LogP contribution in [0.3, 0.4) is 0 Å². The van der Waals surface area contributed by atoms with Crippen LogP contribution in [-0.2, 0) is 4.79 Å². The van der Waals surface area contributed by atoms with Gasteiger partial charge in [0.25, 0.3) is 0 Å². The lowest BCUT2D eigenvalue weighted by Crippen LogP contribution is -2.38. The molecular weight excluding hydrogens is 264 g/mol. The van der Waals surface area contributed by atoms with Crippen LogP contribution in [0.2, 0.25) is 0 Å². The summed E-state index contributed by atoms with van der Waals surface area (Å²) in [5.41, 5.74) is 0.505. The lowest BCUT2D eigenvalue weighted by molar-refractivity contribution is -0.125. The van der Waals surface area contributed by atoms with E-state index in [-0.39, 0.29) is 11.3 Å². The highest BCUT2D eigenvalue weighted by atomic mass is 16.5. The lowest BCUT2D eigenvalue weighted by Gasteiger charge is -2.27. The fourth-order valence-electron chi connectivity index (χ4n) is 2.91. The molecule has 1 aromatic rings. The average molecular weight is 290 g/mol. The fraction of sp³-hybridized carbons (Fsp3) is 0.588. The second-order valence-corrected chi connectivity index (χ2v) is 5.76. The summed E-state index contributed by atoms with van der Waals surface area (Å²) >= 11 is 0. The topological polar surface area (TPSA) is 50.4 Å². The van der Waals surface area contributed by atoms with Crippen molar-refractivity contribution in [3.8, 4) is 5.75 Å². The summed E-state index contributed by atoms with van der Waals surface area (Å²) < 4.78 is 5.71. The maximum Gasteiger partial charge on any atom is 0.232 e. The van der Waals surface area contributed by atoms with Crippen LogP contribution in [0, 0.1) is 5.41 Å². The summed E-state index contributed by atoms with van der Waals surface area (Å²) in [7, 11) is 0. The molecule has 4 nitrogen and oxygen atoms in total. The highest BCUT2D eigenvalue weighted by molar-refractivity contribution is 5.97. The van der Waals surface area contributed by atoms with Crippen molar-refractivity contribution in [2.45, 2.75) is 39.5 Å². The van der Waals surface area contributed by atoms with Crippen molar-refractivity contribution in [2.75, 3.05) is 25.0 Å². The molecule has 116 valence electrons. The van der Waals surface area contributed by atoms with Crippen molar-refractivity contribution in [3.63, 3.8) is 0 Å². The minimum Gasteiger partial charge on any atom is -0.491 e. The standard InChI is InChI=1S/C17H26N2O2/c1-3-9-17(10-11-18-13-17)16(20)19-14-7-5-6-8-15(14)21-12-4-2/h5-8,18H,3-4,9-13H2,1-2H3,(H,19,20). The number of carbonyl (C=O) groups is 1. The second kappa shape index (κ2) is 7.46. The van der Waals surface area contributed by atoms with Crippen LogP contribution in [0.5, 0.6) is 5.75 Å². The van der Waals surface area contributed by atoms with Crippen molar-refractivity contribution >= 4 is 11.6 Å². The van der Waals surface area contributed by atoms with Crippen LogP contribution in [0.4, 0.5) is 5.69 Å². The Morgan fingerprint density at radius 2 is 2.14 bits per heavy atom. The van der Waals surface area contributed by atoms with E-state index in [2.05, 4.69) is 24.5 Å². The highest BCUT2D eigenvalue weighted by Crippen LogP contribution is 2.34. The van der Waals surface area contributed by atoms with E-state index in [1.54, 1.807) is 0 Å². The van der Waals surface area contributed by atoms with Crippen molar-refractivity contribution in [1.82, 2.24) is 5.32 Å². The van der Waals surface area contributed by atoms with Gasteiger partial charge in [-0.05, 0) is 37.9 Å². The average Bonchev–Trinajstić information content (AvgIpc) is 2.97. The van der Waals surface area contributed by atoms with Crippen LogP contribution in [0.1, 0.15) is 39.5 Å². The zero-order chi connectivity index (χ0) is 15.1. The molecule has 21 heavy (non-hydrogen) atoms. The van der Waals surface area contributed by atoms with E-state index in [4.69, 9.17) is 4.74 Å².